The van der Waals surface area contributed by atoms with Crippen LogP contribution in [0.1, 0.15) is 16.8 Å². The van der Waals surface area contributed by atoms with Crippen LogP contribution in [-0.4, -0.2) is 16.7 Å². The van der Waals surface area contributed by atoms with Gasteiger partial charge in [-0.1, -0.05) is 23.7 Å². The van der Waals surface area contributed by atoms with Crippen LogP contribution in [0.2, 0.25) is 5.02 Å². The third kappa shape index (κ3) is 3.52. The van der Waals surface area contributed by atoms with Crippen LogP contribution in [-0.2, 0) is 6.54 Å². The highest BCUT2D eigenvalue weighted by Gasteiger charge is 2.12. The van der Waals surface area contributed by atoms with Crippen molar-refractivity contribution in [3.05, 3.63) is 86.6 Å². The maximum Gasteiger partial charge on any atom is 0.272 e. The second-order valence-corrected chi connectivity index (χ2v) is 6.98. The molecule has 3 aromatic rings. The van der Waals surface area contributed by atoms with E-state index >= 15 is 0 Å². The van der Waals surface area contributed by atoms with Gasteiger partial charge in [-0.2, -0.15) is 5.10 Å². The fourth-order valence-electron chi connectivity index (χ4n) is 3.10. The normalized spacial score (nSPS) is 13.7. The number of dihydropyridines is 1. The van der Waals surface area contributed by atoms with Crippen LogP contribution in [0.25, 0.3) is 16.3 Å². The van der Waals surface area contributed by atoms with Crippen LogP contribution in [0.3, 0.4) is 0 Å². The predicted octanol–water partition coefficient (Wildman–Crippen LogP) is 3.25. The van der Waals surface area contributed by atoms with Crippen molar-refractivity contribution in [2.45, 2.75) is 13.5 Å². The molecule has 1 aliphatic heterocycles. The smallest absolute Gasteiger partial charge is 0.272 e. The topological polar surface area (TPSA) is 93.0 Å². The Hall–Kier alpha value is -3.09. The molecule has 2 heterocycles. The molecule has 0 bridgehead atoms. The van der Waals surface area contributed by atoms with E-state index in [1.165, 1.54) is 0 Å². The van der Waals surface area contributed by atoms with E-state index in [1.807, 2.05) is 43.5 Å². The average Bonchev–Trinajstić information content (AvgIpc) is 2.71. The monoisotopic (exact) mass is 394 g/mol. The number of nitrogens with zero attached hydrogens (tertiary/aromatic N) is 1. The van der Waals surface area contributed by atoms with E-state index in [0.29, 0.717) is 28.4 Å². The van der Waals surface area contributed by atoms with Gasteiger partial charge < -0.3 is 15.8 Å². The number of hydrogen-bond acceptors (Lipinski definition) is 5. The van der Waals surface area contributed by atoms with Gasteiger partial charge in [-0.15, -0.1) is 0 Å². The Bertz CT molecular complexity index is 1180. The van der Waals surface area contributed by atoms with Crippen molar-refractivity contribution in [2.24, 2.45) is 5.73 Å². The number of ether oxygens (including phenoxy) is 1. The molecule has 7 heteroatoms. The summed E-state index contributed by atoms with van der Waals surface area (Å²) in [7, 11) is 0. The number of nitrogens with one attached hydrogen (secondary N) is 2. The molecule has 6 nitrogen and oxygen atoms in total. The minimum absolute atomic E-state index is 0.231. The summed E-state index contributed by atoms with van der Waals surface area (Å²) in [5, 5.41) is 11.7. The van der Waals surface area contributed by atoms with Crippen molar-refractivity contribution in [2.75, 3.05) is 6.54 Å². The highest BCUT2D eigenvalue weighted by Crippen LogP contribution is 2.27. The lowest BCUT2D eigenvalue weighted by Gasteiger charge is -2.17. The van der Waals surface area contributed by atoms with Crippen LogP contribution in [0, 0.1) is 6.92 Å². The number of H-pyrrole nitrogens is 1. The number of aromatic nitrogens is 2. The number of rotatable bonds is 4. The number of nitrogens with two attached hydrogens (primary N) is 1. The first-order valence-electron chi connectivity index (χ1n) is 8.85. The standard InChI is InChI=1S/C21H19ClN4O2/c1-12-2-4-15(8-19(12)22)28-16-6-14(10-24-11-16)13-3-5-17-18(7-13)20(9-23)25-26-21(17)27/h2-8,10,24H,9,11,23H2,1H3,(H,26,27). The van der Waals surface area contributed by atoms with Gasteiger partial charge >= 0.3 is 0 Å². The van der Waals surface area contributed by atoms with Crippen LogP contribution >= 0.6 is 11.6 Å². The lowest BCUT2D eigenvalue weighted by Crippen LogP contribution is -2.18. The third-order valence-corrected chi connectivity index (χ3v) is 5.04. The number of aromatic amines is 1. The summed E-state index contributed by atoms with van der Waals surface area (Å²) in [5.74, 6) is 1.45. The van der Waals surface area contributed by atoms with Gasteiger partial charge in [0.25, 0.3) is 5.56 Å². The molecule has 0 amide bonds. The molecule has 4 N–H and O–H groups in total. The van der Waals surface area contributed by atoms with Crippen LogP contribution < -0.4 is 21.3 Å². The van der Waals surface area contributed by atoms with Gasteiger partial charge in [-0.05, 0) is 48.4 Å². The summed E-state index contributed by atoms with van der Waals surface area (Å²) < 4.78 is 5.98. The van der Waals surface area contributed by atoms with E-state index in [-0.39, 0.29) is 12.1 Å². The first-order chi connectivity index (χ1) is 13.5. The van der Waals surface area contributed by atoms with E-state index in [9.17, 15) is 4.79 Å². The highest BCUT2D eigenvalue weighted by atomic mass is 35.5. The zero-order valence-electron chi connectivity index (χ0n) is 15.3. The van der Waals surface area contributed by atoms with Crippen molar-refractivity contribution >= 4 is 27.9 Å². The molecule has 142 valence electrons. The minimum Gasteiger partial charge on any atom is -0.460 e. The molecule has 0 atom stereocenters. The van der Waals surface area contributed by atoms with E-state index in [1.54, 1.807) is 12.1 Å². The second-order valence-electron chi connectivity index (χ2n) is 6.57. The predicted molar refractivity (Wildman–Crippen MR) is 111 cm³/mol. The summed E-state index contributed by atoms with van der Waals surface area (Å²) in [6.07, 6.45) is 3.88. The molecule has 2 aromatic carbocycles. The summed E-state index contributed by atoms with van der Waals surface area (Å²) in [6.45, 7) is 2.76. The van der Waals surface area contributed by atoms with E-state index in [4.69, 9.17) is 22.1 Å². The maximum absolute atomic E-state index is 12.0. The van der Waals surface area contributed by atoms with Crippen molar-refractivity contribution in [1.29, 1.82) is 0 Å². The van der Waals surface area contributed by atoms with Gasteiger partial charge in [0.05, 0.1) is 17.6 Å². The van der Waals surface area contributed by atoms with Crippen LogP contribution in [0.15, 0.2) is 59.2 Å². The highest BCUT2D eigenvalue weighted by molar-refractivity contribution is 6.31. The molecule has 1 aromatic heterocycles. The minimum atomic E-state index is -0.231. The Kier molecular flexibility index (Phi) is 4.90. The van der Waals surface area contributed by atoms with Gasteiger partial charge in [0, 0.05) is 28.7 Å². The number of benzene rings is 2. The van der Waals surface area contributed by atoms with Crippen molar-refractivity contribution in [1.82, 2.24) is 15.5 Å². The molecule has 0 radical (unpaired) electrons. The summed E-state index contributed by atoms with van der Waals surface area (Å²) in [5.41, 5.74) is 9.06. The Morgan fingerprint density at radius 3 is 2.86 bits per heavy atom. The van der Waals surface area contributed by atoms with Crippen LogP contribution in [0.5, 0.6) is 5.75 Å². The van der Waals surface area contributed by atoms with Crippen molar-refractivity contribution in [3.63, 3.8) is 0 Å². The summed E-state index contributed by atoms with van der Waals surface area (Å²) in [4.78, 5) is 12.0. The number of hydrogen-bond donors (Lipinski definition) is 3. The van der Waals surface area contributed by atoms with Crippen LogP contribution in [0.4, 0.5) is 0 Å². The fourth-order valence-corrected chi connectivity index (χ4v) is 3.27. The number of fused-ring (bicyclic) bond motifs is 1. The van der Waals surface area contributed by atoms with Gasteiger partial charge in [0.15, 0.2) is 0 Å². The Morgan fingerprint density at radius 2 is 2.07 bits per heavy atom. The molecular formula is C21H19ClN4O2. The van der Waals surface area contributed by atoms with Crippen molar-refractivity contribution < 1.29 is 4.74 Å². The number of allylic oxidation sites excluding steroid dienone is 2. The quantitative estimate of drug-likeness (QED) is 0.631. The number of halogens is 1. The molecular weight excluding hydrogens is 376 g/mol. The van der Waals surface area contributed by atoms with Gasteiger partial charge in [0.2, 0.25) is 0 Å². The molecule has 1 aliphatic rings. The van der Waals surface area contributed by atoms with E-state index in [2.05, 4.69) is 15.5 Å². The zero-order chi connectivity index (χ0) is 19.7. The van der Waals surface area contributed by atoms with E-state index < -0.39 is 0 Å². The van der Waals surface area contributed by atoms with Gasteiger partial charge in [0.1, 0.15) is 11.5 Å². The Morgan fingerprint density at radius 1 is 1.21 bits per heavy atom. The first-order valence-corrected chi connectivity index (χ1v) is 9.23. The molecule has 0 unspecified atom stereocenters. The SMILES string of the molecule is Cc1ccc(OC2=CC(c3ccc4c(=O)[nH]nc(CN)c4c3)=CNC2)cc1Cl. The lowest BCUT2D eigenvalue weighted by atomic mass is 10.00. The molecule has 4 rings (SSSR count). The van der Waals surface area contributed by atoms with Gasteiger partial charge in [-0.25, -0.2) is 5.10 Å². The van der Waals surface area contributed by atoms with Gasteiger partial charge in [-0.3, -0.25) is 4.79 Å². The largest absolute Gasteiger partial charge is 0.460 e. The van der Waals surface area contributed by atoms with E-state index in [0.717, 1.165) is 27.8 Å². The third-order valence-electron chi connectivity index (χ3n) is 4.64. The first kappa shape index (κ1) is 18.3. The Labute approximate surface area is 166 Å². The maximum atomic E-state index is 12.0. The molecule has 0 saturated heterocycles. The molecule has 0 saturated carbocycles. The lowest BCUT2D eigenvalue weighted by molar-refractivity contribution is 0.409. The zero-order valence-corrected chi connectivity index (χ0v) is 16.0. The Balaban J connectivity index is 1.68. The summed E-state index contributed by atoms with van der Waals surface area (Å²) in [6, 6.07) is 11.2. The average molecular weight is 395 g/mol. The van der Waals surface area contributed by atoms with Crippen molar-refractivity contribution in [3.8, 4) is 5.75 Å². The molecule has 0 fully saturated rings. The molecule has 0 aliphatic carbocycles. The molecule has 28 heavy (non-hydrogen) atoms. The second kappa shape index (κ2) is 7.50. The number of aryl methyl sites for hydroxylation is 1. The molecule has 0 spiro atoms. The fraction of sp³-hybridized carbons (Fsp3) is 0.143. The summed E-state index contributed by atoms with van der Waals surface area (Å²) >= 11 is 6.18.